The van der Waals surface area contributed by atoms with Gasteiger partial charge < -0.3 is 14.6 Å². The lowest BCUT2D eigenvalue weighted by molar-refractivity contribution is 0.101. The number of nitrogens with one attached hydrogen (secondary N) is 1. The molecule has 32 heavy (non-hydrogen) atoms. The van der Waals surface area contributed by atoms with Gasteiger partial charge in [0.1, 0.15) is 29.8 Å². The zero-order valence-electron chi connectivity index (χ0n) is 16.8. The van der Waals surface area contributed by atoms with Gasteiger partial charge in [-0.25, -0.2) is 8.78 Å². The summed E-state index contributed by atoms with van der Waals surface area (Å²) in [4.78, 5) is 12.8. The number of aryl methyl sites for hydroxylation is 1. The van der Waals surface area contributed by atoms with Gasteiger partial charge in [0, 0.05) is 17.8 Å². The van der Waals surface area contributed by atoms with E-state index in [0.29, 0.717) is 27.1 Å². The third kappa shape index (κ3) is 4.86. The Balaban J connectivity index is 1.48. The van der Waals surface area contributed by atoms with Crippen LogP contribution < -0.4 is 10.1 Å². The minimum atomic E-state index is -0.559. The molecule has 2 aromatic heterocycles. The molecule has 1 amide bonds. The highest BCUT2D eigenvalue weighted by Crippen LogP contribution is 2.24. The molecule has 0 unspecified atom stereocenters. The SMILES string of the molecule is Cc1onc(C(=O)Nc2nn(Cc3ccccc3F)cc2Br)c1COc1cccc(F)c1. The first-order valence-corrected chi connectivity index (χ1v) is 10.3. The number of anilines is 1. The summed E-state index contributed by atoms with van der Waals surface area (Å²) in [6.45, 7) is 1.80. The smallest absolute Gasteiger partial charge is 0.279 e. The Bertz CT molecular complexity index is 1270. The van der Waals surface area contributed by atoms with Crippen molar-refractivity contribution in [1.29, 1.82) is 0 Å². The minimum Gasteiger partial charge on any atom is -0.489 e. The first-order chi connectivity index (χ1) is 15.4. The second-order valence-corrected chi connectivity index (χ2v) is 7.74. The summed E-state index contributed by atoms with van der Waals surface area (Å²) in [5, 5.41) is 10.8. The number of hydrogen-bond acceptors (Lipinski definition) is 5. The van der Waals surface area contributed by atoms with E-state index in [1.165, 1.54) is 28.9 Å². The fraction of sp³-hybridized carbons (Fsp3) is 0.136. The van der Waals surface area contributed by atoms with Crippen LogP contribution in [-0.4, -0.2) is 20.8 Å². The van der Waals surface area contributed by atoms with Gasteiger partial charge >= 0.3 is 0 Å². The molecular formula is C22H17BrF2N4O3. The monoisotopic (exact) mass is 502 g/mol. The highest BCUT2D eigenvalue weighted by Gasteiger charge is 2.22. The molecule has 0 aliphatic carbocycles. The molecule has 0 atom stereocenters. The molecule has 4 rings (SSSR count). The molecule has 0 saturated carbocycles. The maximum atomic E-state index is 13.9. The van der Waals surface area contributed by atoms with Crippen LogP contribution in [0, 0.1) is 18.6 Å². The van der Waals surface area contributed by atoms with Gasteiger partial charge in [-0.2, -0.15) is 5.10 Å². The number of aromatic nitrogens is 3. The van der Waals surface area contributed by atoms with Crippen molar-refractivity contribution in [3.8, 4) is 5.75 Å². The molecular weight excluding hydrogens is 486 g/mol. The third-order valence-corrected chi connectivity index (χ3v) is 5.20. The van der Waals surface area contributed by atoms with Gasteiger partial charge in [-0.1, -0.05) is 29.4 Å². The molecule has 0 fully saturated rings. The zero-order chi connectivity index (χ0) is 22.7. The van der Waals surface area contributed by atoms with Crippen LogP contribution in [0.4, 0.5) is 14.6 Å². The highest BCUT2D eigenvalue weighted by molar-refractivity contribution is 9.10. The second-order valence-electron chi connectivity index (χ2n) is 6.88. The molecule has 0 spiro atoms. The fourth-order valence-electron chi connectivity index (χ4n) is 2.98. The summed E-state index contributed by atoms with van der Waals surface area (Å²) in [6.07, 6.45) is 1.63. The summed E-state index contributed by atoms with van der Waals surface area (Å²) < 4.78 is 40.0. The molecule has 0 saturated heterocycles. The molecule has 1 N–H and O–H groups in total. The molecule has 0 aliphatic heterocycles. The normalized spacial score (nSPS) is 10.9. The largest absolute Gasteiger partial charge is 0.489 e. The topological polar surface area (TPSA) is 82.2 Å². The summed E-state index contributed by atoms with van der Waals surface area (Å²) in [5.41, 5.74) is 0.910. The van der Waals surface area contributed by atoms with Crippen molar-refractivity contribution < 1.29 is 22.8 Å². The molecule has 0 aliphatic rings. The predicted molar refractivity (Wildman–Crippen MR) is 115 cm³/mol. The quantitative estimate of drug-likeness (QED) is 0.380. The average Bonchev–Trinajstić information content (AvgIpc) is 3.30. The van der Waals surface area contributed by atoms with E-state index in [0.717, 1.165) is 0 Å². The van der Waals surface area contributed by atoms with Gasteiger partial charge in [0.25, 0.3) is 5.91 Å². The molecule has 0 bridgehead atoms. The molecule has 4 aromatic rings. The number of ether oxygens (including phenoxy) is 1. The van der Waals surface area contributed by atoms with E-state index in [-0.39, 0.29) is 30.5 Å². The number of amides is 1. The molecule has 7 nitrogen and oxygen atoms in total. The van der Waals surface area contributed by atoms with Crippen LogP contribution in [0.1, 0.15) is 27.4 Å². The maximum absolute atomic E-state index is 13.9. The Labute approximate surface area is 190 Å². The summed E-state index contributed by atoms with van der Waals surface area (Å²) >= 11 is 3.35. The van der Waals surface area contributed by atoms with Crippen LogP contribution in [0.3, 0.4) is 0 Å². The Morgan fingerprint density at radius 1 is 1.22 bits per heavy atom. The second kappa shape index (κ2) is 9.31. The van der Waals surface area contributed by atoms with Crippen molar-refractivity contribution in [1.82, 2.24) is 14.9 Å². The van der Waals surface area contributed by atoms with Crippen molar-refractivity contribution >= 4 is 27.7 Å². The first-order valence-electron chi connectivity index (χ1n) is 9.52. The van der Waals surface area contributed by atoms with E-state index < -0.39 is 11.7 Å². The maximum Gasteiger partial charge on any atom is 0.279 e. The fourth-order valence-corrected chi connectivity index (χ4v) is 3.40. The molecule has 10 heteroatoms. The summed E-state index contributed by atoms with van der Waals surface area (Å²) in [6, 6.07) is 12.0. The minimum absolute atomic E-state index is 0.0226. The average molecular weight is 503 g/mol. The van der Waals surface area contributed by atoms with E-state index in [2.05, 4.69) is 31.5 Å². The van der Waals surface area contributed by atoms with Crippen LogP contribution in [-0.2, 0) is 13.2 Å². The standard InChI is InChI=1S/C22H17BrF2N4O3/c1-13-17(12-31-16-7-4-6-15(24)9-16)20(28-32-13)22(30)26-21-18(23)11-29(27-21)10-14-5-2-3-8-19(14)25/h2-9,11H,10,12H2,1H3,(H,26,27,30). The number of halogens is 3. The molecule has 2 heterocycles. The summed E-state index contributed by atoms with van der Waals surface area (Å²) in [7, 11) is 0. The number of rotatable bonds is 7. The lowest BCUT2D eigenvalue weighted by atomic mass is 10.2. The third-order valence-electron chi connectivity index (χ3n) is 4.62. The first kappa shape index (κ1) is 21.7. The summed E-state index contributed by atoms with van der Waals surface area (Å²) in [5.74, 6) is -0.383. The molecule has 0 radical (unpaired) electrons. The zero-order valence-corrected chi connectivity index (χ0v) is 18.4. The van der Waals surface area contributed by atoms with E-state index in [1.807, 2.05) is 0 Å². The van der Waals surface area contributed by atoms with Crippen molar-refractivity contribution in [3.05, 3.63) is 93.4 Å². The number of hydrogen-bond donors (Lipinski definition) is 1. The van der Waals surface area contributed by atoms with Gasteiger partial charge in [0.2, 0.25) is 0 Å². The Kier molecular flexibility index (Phi) is 6.31. The van der Waals surface area contributed by atoms with E-state index in [4.69, 9.17) is 9.26 Å². The number of nitrogens with zero attached hydrogens (tertiary/aromatic N) is 3. The van der Waals surface area contributed by atoms with Crippen LogP contribution >= 0.6 is 15.9 Å². The van der Waals surface area contributed by atoms with Crippen molar-refractivity contribution in [2.75, 3.05) is 5.32 Å². The van der Waals surface area contributed by atoms with E-state index >= 15 is 0 Å². The van der Waals surface area contributed by atoms with Gasteiger partial charge in [-0.15, -0.1) is 0 Å². The van der Waals surface area contributed by atoms with E-state index in [9.17, 15) is 13.6 Å². The van der Waals surface area contributed by atoms with E-state index in [1.54, 1.807) is 37.4 Å². The number of benzene rings is 2. The Hall–Kier alpha value is -3.53. The van der Waals surface area contributed by atoms with Gasteiger partial charge in [0.15, 0.2) is 11.5 Å². The number of carbonyl (C=O) groups is 1. The Morgan fingerprint density at radius 2 is 2.03 bits per heavy atom. The van der Waals surface area contributed by atoms with Gasteiger partial charge in [-0.3, -0.25) is 9.48 Å². The van der Waals surface area contributed by atoms with Crippen LogP contribution in [0.5, 0.6) is 5.75 Å². The van der Waals surface area contributed by atoms with Crippen LogP contribution in [0.25, 0.3) is 0 Å². The lowest BCUT2D eigenvalue weighted by Crippen LogP contribution is -2.16. The Morgan fingerprint density at radius 3 is 2.81 bits per heavy atom. The van der Waals surface area contributed by atoms with Crippen molar-refractivity contribution in [2.24, 2.45) is 0 Å². The molecule has 164 valence electrons. The lowest BCUT2D eigenvalue weighted by Gasteiger charge is -2.07. The van der Waals surface area contributed by atoms with Gasteiger partial charge in [0.05, 0.1) is 16.6 Å². The van der Waals surface area contributed by atoms with Gasteiger partial charge in [-0.05, 0) is 41.1 Å². The van der Waals surface area contributed by atoms with Crippen LogP contribution in [0.15, 0.2) is 63.7 Å². The van der Waals surface area contributed by atoms with Crippen molar-refractivity contribution in [2.45, 2.75) is 20.1 Å². The van der Waals surface area contributed by atoms with Crippen molar-refractivity contribution in [3.63, 3.8) is 0 Å². The number of carbonyl (C=O) groups excluding carboxylic acids is 1. The highest BCUT2D eigenvalue weighted by atomic mass is 79.9. The predicted octanol–water partition coefficient (Wildman–Crippen LogP) is 5.10. The van der Waals surface area contributed by atoms with Crippen LogP contribution in [0.2, 0.25) is 0 Å². The molecule has 2 aromatic carbocycles.